The van der Waals surface area contributed by atoms with Crippen LogP contribution in [0, 0.1) is 6.92 Å². The van der Waals surface area contributed by atoms with E-state index in [-0.39, 0.29) is 30.5 Å². The second-order valence-corrected chi connectivity index (χ2v) is 11.6. The van der Waals surface area contributed by atoms with Crippen LogP contribution in [0.2, 0.25) is 0 Å². The van der Waals surface area contributed by atoms with Crippen molar-refractivity contribution in [2.24, 2.45) is 15.0 Å². The molecule has 9 heteroatoms. The Bertz CT molecular complexity index is 1930. The number of fused-ring (bicyclic) bond motifs is 5. The lowest BCUT2D eigenvalue weighted by Crippen LogP contribution is -2.27. The fourth-order valence-electron chi connectivity index (χ4n) is 6.29. The van der Waals surface area contributed by atoms with Crippen molar-refractivity contribution in [1.29, 1.82) is 0 Å². The second-order valence-electron chi connectivity index (χ2n) is 11.6. The lowest BCUT2D eigenvalue weighted by Gasteiger charge is -2.08. The van der Waals surface area contributed by atoms with E-state index in [0.717, 1.165) is 73.6 Å². The summed E-state index contributed by atoms with van der Waals surface area (Å²) in [5, 5.41) is 12.2. The summed E-state index contributed by atoms with van der Waals surface area (Å²) >= 11 is 0. The van der Waals surface area contributed by atoms with Crippen LogP contribution in [0.15, 0.2) is 77.7 Å². The molecule has 4 aliphatic rings. The molecule has 5 heterocycles. The molecule has 45 heavy (non-hydrogen) atoms. The van der Waals surface area contributed by atoms with Gasteiger partial charge in [-0.05, 0) is 117 Å². The lowest BCUT2D eigenvalue weighted by atomic mass is 9.96. The summed E-state index contributed by atoms with van der Waals surface area (Å²) in [4.78, 5) is 43.0. The molecule has 0 spiro atoms. The van der Waals surface area contributed by atoms with Gasteiger partial charge < -0.3 is 19.6 Å². The van der Waals surface area contributed by atoms with Crippen LogP contribution >= 0.6 is 0 Å². The maximum Gasteiger partial charge on any atom is 0.305 e. The molecular weight excluding hydrogens is 568 g/mol. The van der Waals surface area contributed by atoms with Gasteiger partial charge in [-0.25, -0.2) is 15.0 Å². The van der Waals surface area contributed by atoms with Gasteiger partial charge in [-0.2, -0.15) is 0 Å². The Hall–Kier alpha value is -4.79. The van der Waals surface area contributed by atoms with Crippen LogP contribution in [0.4, 0.5) is 0 Å². The highest BCUT2D eigenvalue weighted by Crippen LogP contribution is 2.36. The van der Waals surface area contributed by atoms with E-state index in [9.17, 15) is 14.7 Å². The number of aliphatic imine (C=N–C) groups is 3. The summed E-state index contributed by atoms with van der Waals surface area (Å²) < 4.78 is 9.87. The summed E-state index contributed by atoms with van der Waals surface area (Å²) in [5.74, 6) is -0.402. The summed E-state index contributed by atoms with van der Waals surface area (Å²) in [6.07, 6.45) is 10.0. The van der Waals surface area contributed by atoms with Gasteiger partial charge >= 0.3 is 11.9 Å². The number of rotatable bonds is 7. The molecule has 4 aliphatic heterocycles. The first-order valence-electron chi connectivity index (χ1n) is 15.2. The molecule has 2 N–H and O–H groups in total. The zero-order chi connectivity index (χ0) is 32.6. The van der Waals surface area contributed by atoms with Crippen molar-refractivity contribution in [1.82, 2.24) is 4.98 Å². The molecule has 8 bridgehead atoms. The number of methoxy groups -OCH3 is 2. The van der Waals surface area contributed by atoms with Crippen LogP contribution in [0.3, 0.4) is 0 Å². The van der Waals surface area contributed by atoms with Gasteiger partial charge in [0.15, 0.2) is 0 Å². The number of ether oxygens (including phenoxy) is 2. The third-order valence-corrected chi connectivity index (χ3v) is 8.92. The Morgan fingerprint density at radius 2 is 1.27 bits per heavy atom. The Morgan fingerprint density at radius 1 is 0.733 bits per heavy atom. The minimum absolute atomic E-state index is 0.199. The van der Waals surface area contributed by atoms with E-state index < -0.39 is 0 Å². The Labute approximate surface area is 263 Å². The molecule has 0 saturated heterocycles. The Kier molecular flexibility index (Phi) is 8.91. The van der Waals surface area contributed by atoms with E-state index in [1.165, 1.54) is 14.2 Å². The summed E-state index contributed by atoms with van der Waals surface area (Å²) in [7, 11) is 2.77. The molecule has 0 radical (unpaired) electrons. The number of aromatic amines is 1. The third kappa shape index (κ3) is 5.99. The zero-order valence-corrected chi connectivity index (χ0v) is 27.3. The van der Waals surface area contributed by atoms with Crippen LogP contribution in [0.1, 0.15) is 78.0 Å². The quantitative estimate of drug-likeness (QED) is 0.393. The van der Waals surface area contributed by atoms with Gasteiger partial charge in [0.1, 0.15) is 0 Å². The smallest absolute Gasteiger partial charge is 0.305 e. The normalized spacial score (nSPS) is 18.2. The summed E-state index contributed by atoms with van der Waals surface area (Å²) in [5.41, 5.74) is 12.3. The number of aromatic nitrogens is 1. The topological polar surface area (TPSA) is 126 Å². The number of aliphatic hydroxyl groups excluding tert-OH is 1. The van der Waals surface area contributed by atoms with Crippen LogP contribution in [-0.2, 0) is 19.1 Å². The minimum atomic E-state index is -0.306. The molecule has 1 aromatic heterocycles. The van der Waals surface area contributed by atoms with Crippen molar-refractivity contribution in [3.63, 3.8) is 0 Å². The van der Waals surface area contributed by atoms with Gasteiger partial charge in [-0.1, -0.05) is 6.92 Å². The molecule has 234 valence electrons. The van der Waals surface area contributed by atoms with Crippen molar-refractivity contribution < 1.29 is 24.2 Å². The monoisotopic (exact) mass is 608 g/mol. The third-order valence-electron chi connectivity index (χ3n) is 8.92. The number of nitrogens with one attached hydrogen (secondary N) is 1. The molecule has 5 rings (SSSR count). The fourth-order valence-corrected chi connectivity index (χ4v) is 6.29. The SMILES string of the molecule is CCC1=C(C)C2=NC1=Cc1[nH]c(/c(=C(/C)O)c1C)=CC1=NC(=CC3=NC(=C2)C(C)=C3CCC(=O)OC)C(CCC(=O)OC)=C1C. The van der Waals surface area contributed by atoms with E-state index in [1.807, 2.05) is 45.1 Å². The van der Waals surface area contributed by atoms with Crippen molar-refractivity contribution in [3.05, 3.63) is 84.5 Å². The zero-order valence-electron chi connectivity index (χ0n) is 27.3. The molecule has 0 amide bonds. The predicted octanol–water partition coefficient (Wildman–Crippen LogP) is 5.54. The van der Waals surface area contributed by atoms with Crippen LogP contribution in [0.5, 0.6) is 0 Å². The van der Waals surface area contributed by atoms with Gasteiger partial charge in [-0.15, -0.1) is 0 Å². The standard InChI is InChI=1S/C36H40N4O5/c1-9-23-18(2)26-14-27-19(3)24(10-12-34(42)44-7)31(38-27)17-32-25(11-13-35(43)45-8)20(4)28(39-32)16-33-36(22(6)41)21(5)29(40-33)15-30(23)37-26/h14-17,40-41H,9-13H2,1-8H3/b27-14?,30-15?,32-17?,33-16?,36-22-. The first-order valence-corrected chi connectivity index (χ1v) is 15.2. The summed E-state index contributed by atoms with van der Waals surface area (Å²) in [6.45, 7) is 11.9. The second kappa shape index (κ2) is 12.7. The molecule has 0 saturated carbocycles. The number of hydrogen-bond acceptors (Lipinski definition) is 8. The molecule has 0 unspecified atom stereocenters. The van der Waals surface area contributed by atoms with Crippen molar-refractivity contribution >= 4 is 47.0 Å². The highest BCUT2D eigenvalue weighted by molar-refractivity contribution is 6.24. The first kappa shape index (κ1) is 31.6. The number of carbonyl (C=O) groups excluding carboxylic acids is 2. The van der Waals surface area contributed by atoms with Crippen molar-refractivity contribution in [2.45, 2.75) is 73.6 Å². The maximum atomic E-state index is 12.2. The van der Waals surface area contributed by atoms with Gasteiger partial charge in [0.05, 0.1) is 59.6 Å². The van der Waals surface area contributed by atoms with E-state index in [2.05, 4.69) is 18.8 Å². The van der Waals surface area contributed by atoms with Crippen LogP contribution in [0.25, 0.3) is 17.9 Å². The number of aliphatic hydroxyl groups is 1. The average molecular weight is 609 g/mol. The van der Waals surface area contributed by atoms with Crippen molar-refractivity contribution in [3.8, 4) is 0 Å². The molecular formula is C36H40N4O5. The number of hydrogen-bond donors (Lipinski definition) is 2. The highest BCUT2D eigenvalue weighted by atomic mass is 16.5. The molecule has 0 fully saturated rings. The van der Waals surface area contributed by atoms with Gasteiger partial charge in [0.2, 0.25) is 0 Å². The van der Waals surface area contributed by atoms with Gasteiger partial charge in [0, 0.05) is 23.8 Å². The largest absolute Gasteiger partial charge is 0.512 e. The average Bonchev–Trinajstić information content (AvgIpc) is 3.67. The number of carbonyl (C=O) groups is 2. The van der Waals surface area contributed by atoms with E-state index >= 15 is 0 Å². The van der Waals surface area contributed by atoms with Gasteiger partial charge in [0.25, 0.3) is 0 Å². The Balaban J connectivity index is 1.81. The molecule has 1 aromatic rings. The van der Waals surface area contributed by atoms with Crippen LogP contribution < -0.4 is 10.6 Å². The predicted molar refractivity (Wildman–Crippen MR) is 178 cm³/mol. The van der Waals surface area contributed by atoms with E-state index in [4.69, 9.17) is 24.5 Å². The highest BCUT2D eigenvalue weighted by Gasteiger charge is 2.27. The first-order chi connectivity index (χ1) is 21.5. The molecule has 0 aromatic carbocycles. The molecule has 9 nitrogen and oxygen atoms in total. The number of esters is 2. The number of allylic oxidation sites excluding steroid dienone is 8. The van der Waals surface area contributed by atoms with Gasteiger partial charge in [-0.3, -0.25) is 9.59 Å². The minimum Gasteiger partial charge on any atom is -0.512 e. The van der Waals surface area contributed by atoms with Crippen molar-refractivity contribution in [2.75, 3.05) is 14.2 Å². The lowest BCUT2D eigenvalue weighted by molar-refractivity contribution is -0.141. The van der Waals surface area contributed by atoms with Crippen LogP contribution in [-0.4, -0.2) is 53.4 Å². The summed E-state index contributed by atoms with van der Waals surface area (Å²) in [6, 6.07) is 0. The Morgan fingerprint density at radius 3 is 1.87 bits per heavy atom. The van der Waals surface area contributed by atoms with E-state index in [1.54, 1.807) is 6.92 Å². The molecule has 0 atom stereocenters. The van der Waals surface area contributed by atoms with E-state index in [0.29, 0.717) is 35.2 Å². The number of H-pyrrole nitrogens is 1. The maximum absolute atomic E-state index is 12.2. The fraction of sp³-hybridized carbons (Fsp3) is 0.361. The molecule has 0 aliphatic carbocycles. The number of nitrogens with zero attached hydrogens (tertiary/aromatic N) is 3.